The Bertz CT molecular complexity index is 824. The average molecular weight is 411 g/mol. The fourth-order valence-electron chi connectivity index (χ4n) is 4.30. The molecule has 30 heavy (non-hydrogen) atoms. The van der Waals surface area contributed by atoms with Crippen molar-refractivity contribution in [1.82, 2.24) is 0 Å². The minimum atomic E-state index is -0.587. The summed E-state index contributed by atoms with van der Waals surface area (Å²) in [5.41, 5.74) is 2.74. The second-order valence-electron chi connectivity index (χ2n) is 9.94. The molecule has 1 aliphatic heterocycles. The van der Waals surface area contributed by atoms with Crippen LogP contribution in [0.3, 0.4) is 0 Å². The number of hydrogen-bond acceptors (Lipinski definition) is 3. The molecule has 2 aromatic carbocycles. The molecule has 1 unspecified atom stereocenters. The number of rotatable bonds is 9. The van der Waals surface area contributed by atoms with Crippen molar-refractivity contribution in [2.24, 2.45) is 0 Å². The molecule has 3 rings (SSSR count). The van der Waals surface area contributed by atoms with E-state index in [1.165, 1.54) is 31.2 Å². The van der Waals surface area contributed by atoms with E-state index in [4.69, 9.17) is 9.47 Å². The molecule has 0 radical (unpaired) electrons. The summed E-state index contributed by atoms with van der Waals surface area (Å²) in [5.74, 6) is 1.51. The van der Waals surface area contributed by atoms with Crippen LogP contribution in [0.1, 0.15) is 95.9 Å². The minimum absolute atomic E-state index is 0.0174. The van der Waals surface area contributed by atoms with E-state index < -0.39 is 11.7 Å². The lowest BCUT2D eigenvalue weighted by molar-refractivity contribution is 0.00928. The van der Waals surface area contributed by atoms with Gasteiger partial charge in [-0.2, -0.15) is 0 Å². The molecule has 0 saturated heterocycles. The van der Waals surface area contributed by atoms with Crippen LogP contribution in [0.4, 0.5) is 0 Å². The van der Waals surface area contributed by atoms with E-state index in [0.29, 0.717) is 13.0 Å². The Hall–Kier alpha value is -2.00. The third-order valence-corrected chi connectivity index (χ3v) is 6.18. The van der Waals surface area contributed by atoms with Crippen molar-refractivity contribution in [2.45, 2.75) is 96.9 Å². The van der Waals surface area contributed by atoms with Crippen molar-refractivity contribution in [3.63, 3.8) is 0 Å². The fraction of sp³-hybridized carbons (Fsp3) is 0.556. The lowest BCUT2D eigenvalue weighted by Crippen LogP contribution is -2.35. The Morgan fingerprint density at radius 3 is 2.53 bits per heavy atom. The van der Waals surface area contributed by atoms with Gasteiger partial charge in [-0.15, -0.1) is 0 Å². The number of ether oxygens (including phenoxy) is 2. The third-order valence-electron chi connectivity index (χ3n) is 6.18. The first kappa shape index (κ1) is 22.7. The third kappa shape index (κ3) is 5.57. The molecule has 164 valence electrons. The number of aliphatic hydroxyl groups excluding tert-OH is 1. The number of unbranched alkanes of at least 4 members (excludes halogenated alkanes) is 3. The smallest absolute Gasteiger partial charge is 0.129 e. The molecule has 0 amide bonds. The zero-order valence-electron chi connectivity index (χ0n) is 19.3. The molecule has 1 N–H and O–H groups in total. The molecular formula is C27H38O3. The van der Waals surface area contributed by atoms with E-state index in [1.54, 1.807) is 0 Å². The Morgan fingerprint density at radius 1 is 1.10 bits per heavy atom. The van der Waals surface area contributed by atoms with Gasteiger partial charge in [-0.25, -0.2) is 0 Å². The quantitative estimate of drug-likeness (QED) is 0.448. The highest BCUT2D eigenvalue weighted by Crippen LogP contribution is 2.47. The van der Waals surface area contributed by atoms with Gasteiger partial charge < -0.3 is 14.6 Å². The van der Waals surface area contributed by atoms with Gasteiger partial charge in [0.2, 0.25) is 0 Å². The zero-order valence-corrected chi connectivity index (χ0v) is 19.3. The normalized spacial score (nSPS) is 17.9. The van der Waals surface area contributed by atoms with Crippen LogP contribution >= 0.6 is 0 Å². The molecule has 0 bridgehead atoms. The summed E-state index contributed by atoms with van der Waals surface area (Å²) < 4.78 is 12.6. The Kier molecular flexibility index (Phi) is 7.13. The Morgan fingerprint density at radius 2 is 1.83 bits per heavy atom. The summed E-state index contributed by atoms with van der Waals surface area (Å²) in [5, 5.41) is 10.9. The van der Waals surface area contributed by atoms with Crippen LogP contribution in [-0.2, 0) is 12.0 Å². The molecule has 0 aliphatic carbocycles. The van der Waals surface area contributed by atoms with E-state index in [2.05, 4.69) is 45.0 Å². The van der Waals surface area contributed by atoms with Gasteiger partial charge in [0.15, 0.2) is 0 Å². The first-order valence-electron chi connectivity index (χ1n) is 11.4. The van der Waals surface area contributed by atoms with Crippen LogP contribution < -0.4 is 9.47 Å². The van der Waals surface area contributed by atoms with Crippen LogP contribution in [0.5, 0.6) is 11.5 Å². The maximum absolute atomic E-state index is 10.9. The largest absolute Gasteiger partial charge is 0.488 e. The lowest BCUT2D eigenvalue weighted by Gasteiger charge is -2.38. The highest BCUT2D eigenvalue weighted by atomic mass is 16.5. The van der Waals surface area contributed by atoms with Gasteiger partial charge in [0, 0.05) is 6.42 Å². The van der Waals surface area contributed by atoms with Crippen molar-refractivity contribution in [1.29, 1.82) is 0 Å². The topological polar surface area (TPSA) is 38.7 Å². The standard InChI is InChI=1S/C27H38O3/c1-6-7-8-12-15-26(2,3)21-16-23(29-19-20-13-10-9-11-14-20)25-22(28)18-27(4,5)30-24(25)17-21/h9-11,13-14,16-17,22,28H,6-8,12,15,18-19H2,1-5H3. The highest BCUT2D eigenvalue weighted by Gasteiger charge is 2.36. The molecule has 2 aromatic rings. The Labute approximate surface area is 182 Å². The van der Waals surface area contributed by atoms with E-state index >= 15 is 0 Å². The number of benzene rings is 2. The Balaban J connectivity index is 1.92. The molecule has 3 heteroatoms. The van der Waals surface area contributed by atoms with Gasteiger partial charge in [-0.3, -0.25) is 0 Å². The number of aliphatic hydroxyl groups is 1. The van der Waals surface area contributed by atoms with E-state index in [9.17, 15) is 5.11 Å². The van der Waals surface area contributed by atoms with Crippen molar-refractivity contribution < 1.29 is 14.6 Å². The number of hydrogen-bond donors (Lipinski definition) is 1. The predicted octanol–water partition coefficient (Wildman–Crippen LogP) is 7.11. The van der Waals surface area contributed by atoms with Gasteiger partial charge in [0.1, 0.15) is 23.7 Å². The van der Waals surface area contributed by atoms with E-state index in [-0.39, 0.29) is 5.41 Å². The zero-order chi connectivity index (χ0) is 21.8. The molecule has 0 aromatic heterocycles. The van der Waals surface area contributed by atoms with Crippen LogP contribution in [0, 0.1) is 0 Å². The van der Waals surface area contributed by atoms with Gasteiger partial charge in [-0.1, -0.05) is 76.8 Å². The van der Waals surface area contributed by atoms with Crippen molar-refractivity contribution in [3.8, 4) is 11.5 Å². The summed E-state index contributed by atoms with van der Waals surface area (Å²) in [7, 11) is 0. The van der Waals surface area contributed by atoms with Crippen LogP contribution in [-0.4, -0.2) is 10.7 Å². The summed E-state index contributed by atoms with van der Waals surface area (Å²) in [6.45, 7) is 11.4. The first-order chi connectivity index (χ1) is 14.2. The molecular weight excluding hydrogens is 372 g/mol. The molecule has 0 fully saturated rings. The van der Waals surface area contributed by atoms with Crippen LogP contribution in [0.2, 0.25) is 0 Å². The molecule has 1 aliphatic rings. The lowest BCUT2D eigenvalue weighted by atomic mass is 9.78. The maximum Gasteiger partial charge on any atom is 0.129 e. The summed E-state index contributed by atoms with van der Waals surface area (Å²) in [6, 6.07) is 14.4. The number of fused-ring (bicyclic) bond motifs is 1. The van der Waals surface area contributed by atoms with Gasteiger partial charge in [0.05, 0.1) is 11.7 Å². The van der Waals surface area contributed by atoms with Gasteiger partial charge in [-0.05, 0) is 48.9 Å². The van der Waals surface area contributed by atoms with Crippen LogP contribution in [0.25, 0.3) is 0 Å². The summed E-state index contributed by atoms with van der Waals surface area (Å²) in [6.07, 6.45) is 6.11. The predicted molar refractivity (Wildman–Crippen MR) is 123 cm³/mol. The van der Waals surface area contributed by atoms with Gasteiger partial charge >= 0.3 is 0 Å². The van der Waals surface area contributed by atoms with Crippen molar-refractivity contribution in [3.05, 3.63) is 59.2 Å². The van der Waals surface area contributed by atoms with Crippen molar-refractivity contribution >= 4 is 0 Å². The van der Waals surface area contributed by atoms with E-state index in [0.717, 1.165) is 29.0 Å². The SMILES string of the molecule is CCCCCCC(C)(C)c1cc(OCc2ccccc2)c2c(c1)OC(C)(C)CC2O. The average Bonchev–Trinajstić information content (AvgIpc) is 2.68. The maximum atomic E-state index is 10.9. The molecule has 3 nitrogen and oxygen atoms in total. The molecule has 1 heterocycles. The summed E-state index contributed by atoms with van der Waals surface area (Å²) in [4.78, 5) is 0. The highest BCUT2D eigenvalue weighted by molar-refractivity contribution is 5.52. The molecule has 1 atom stereocenters. The second kappa shape index (κ2) is 9.43. The molecule has 0 spiro atoms. The van der Waals surface area contributed by atoms with E-state index in [1.807, 2.05) is 32.0 Å². The minimum Gasteiger partial charge on any atom is -0.488 e. The summed E-state index contributed by atoms with van der Waals surface area (Å²) >= 11 is 0. The molecule has 0 saturated carbocycles. The first-order valence-corrected chi connectivity index (χ1v) is 11.4. The fourth-order valence-corrected chi connectivity index (χ4v) is 4.30. The second-order valence-corrected chi connectivity index (χ2v) is 9.94. The van der Waals surface area contributed by atoms with Crippen molar-refractivity contribution in [2.75, 3.05) is 0 Å². The van der Waals surface area contributed by atoms with Gasteiger partial charge in [0.25, 0.3) is 0 Å². The monoisotopic (exact) mass is 410 g/mol. The van der Waals surface area contributed by atoms with Crippen LogP contribution in [0.15, 0.2) is 42.5 Å².